The number of aromatic hydroxyl groups is 2. The average Bonchev–Trinajstić information content (AvgIpc) is 2.07. The second-order valence-corrected chi connectivity index (χ2v) is 2.61. The van der Waals surface area contributed by atoms with Crippen molar-refractivity contribution in [3.63, 3.8) is 0 Å². The molecule has 1 radical (unpaired) electrons. The van der Waals surface area contributed by atoms with E-state index in [2.05, 4.69) is 11.4 Å². The number of rotatable bonds is 2. The largest absolute Gasteiger partial charge is 0.504 e. The van der Waals surface area contributed by atoms with Crippen LogP contribution in [0, 0.1) is 6.07 Å². The lowest BCUT2D eigenvalue weighted by atomic mass is 10.2. The van der Waals surface area contributed by atoms with Gasteiger partial charge in [0.2, 0.25) is 5.91 Å². The summed E-state index contributed by atoms with van der Waals surface area (Å²) in [6.07, 6.45) is 0. The van der Waals surface area contributed by atoms with Crippen molar-refractivity contribution in [3.8, 4) is 11.5 Å². The molecule has 0 saturated carbocycles. The molecule has 0 aliphatic rings. The molecule has 0 heterocycles. The first-order chi connectivity index (χ1) is 6.11. The fourth-order valence-corrected chi connectivity index (χ4v) is 0.883. The molecule has 3 N–H and O–H groups in total. The topological polar surface area (TPSA) is 69.6 Å². The fourth-order valence-electron chi connectivity index (χ4n) is 0.883. The molecule has 4 heteroatoms. The Hall–Kier alpha value is -1.71. The van der Waals surface area contributed by atoms with E-state index >= 15 is 0 Å². The van der Waals surface area contributed by atoms with Crippen molar-refractivity contribution in [2.24, 2.45) is 0 Å². The van der Waals surface area contributed by atoms with Crippen molar-refractivity contribution in [1.82, 2.24) is 5.32 Å². The highest BCUT2D eigenvalue weighted by Crippen LogP contribution is 2.27. The highest BCUT2D eigenvalue weighted by atomic mass is 16.3. The Morgan fingerprint density at radius 1 is 1.62 bits per heavy atom. The Labute approximate surface area is 75.8 Å². The van der Waals surface area contributed by atoms with Crippen LogP contribution >= 0.6 is 0 Å². The number of carbonyl (C=O) groups is 1. The van der Waals surface area contributed by atoms with Gasteiger partial charge in [-0.05, 0) is 6.07 Å². The summed E-state index contributed by atoms with van der Waals surface area (Å²) in [6.45, 7) is 1.58. The Balaban J connectivity index is 2.77. The molecule has 0 spiro atoms. The Kier molecular flexibility index (Phi) is 2.74. The number of nitrogens with one attached hydrogen (secondary N) is 1. The molecule has 0 bridgehead atoms. The standard InChI is InChI=1S/C9H10NO3/c1-6(11)10-5-7-3-2-4-8(12)9(7)13/h2-3,12-13H,5H2,1H3,(H,10,11). The van der Waals surface area contributed by atoms with E-state index in [1.165, 1.54) is 13.0 Å². The molecule has 1 rings (SSSR count). The first-order valence-corrected chi connectivity index (χ1v) is 3.77. The van der Waals surface area contributed by atoms with Crippen LogP contribution < -0.4 is 5.32 Å². The Bertz CT molecular complexity index is 323. The predicted molar refractivity (Wildman–Crippen MR) is 46.1 cm³/mol. The molecule has 4 nitrogen and oxygen atoms in total. The van der Waals surface area contributed by atoms with Gasteiger partial charge in [-0.15, -0.1) is 0 Å². The molecular weight excluding hydrogens is 170 g/mol. The van der Waals surface area contributed by atoms with E-state index in [9.17, 15) is 9.90 Å². The van der Waals surface area contributed by atoms with Crippen LogP contribution in [-0.2, 0) is 11.3 Å². The maximum atomic E-state index is 10.6. The van der Waals surface area contributed by atoms with Crippen LogP contribution in [0.15, 0.2) is 12.1 Å². The maximum absolute atomic E-state index is 10.6. The summed E-state index contributed by atoms with van der Waals surface area (Å²) in [6, 6.07) is 5.47. The Morgan fingerprint density at radius 3 is 2.92 bits per heavy atom. The second kappa shape index (κ2) is 3.80. The summed E-state index contributed by atoms with van der Waals surface area (Å²) < 4.78 is 0. The van der Waals surface area contributed by atoms with Gasteiger partial charge in [0, 0.05) is 25.1 Å². The number of carbonyl (C=O) groups excluding carboxylic acids is 1. The number of phenolic OH excluding ortho intramolecular Hbond substituents is 2. The van der Waals surface area contributed by atoms with Gasteiger partial charge in [0.05, 0.1) is 0 Å². The molecule has 1 amide bonds. The zero-order valence-electron chi connectivity index (χ0n) is 7.16. The predicted octanol–water partition coefficient (Wildman–Crippen LogP) is 0.534. The van der Waals surface area contributed by atoms with E-state index in [0.717, 1.165) is 0 Å². The molecule has 13 heavy (non-hydrogen) atoms. The molecule has 0 aliphatic heterocycles. The lowest BCUT2D eigenvalue weighted by molar-refractivity contribution is -0.119. The highest BCUT2D eigenvalue weighted by Gasteiger charge is 2.05. The van der Waals surface area contributed by atoms with E-state index in [0.29, 0.717) is 5.56 Å². The van der Waals surface area contributed by atoms with Gasteiger partial charge in [0.1, 0.15) is 0 Å². The lowest BCUT2D eigenvalue weighted by Gasteiger charge is -2.05. The minimum Gasteiger partial charge on any atom is -0.504 e. The van der Waals surface area contributed by atoms with Crippen molar-refractivity contribution in [1.29, 1.82) is 0 Å². The van der Waals surface area contributed by atoms with Gasteiger partial charge < -0.3 is 15.5 Å². The molecular formula is C9H10NO3. The molecule has 1 aromatic carbocycles. The van der Waals surface area contributed by atoms with E-state index in [-0.39, 0.29) is 24.0 Å². The van der Waals surface area contributed by atoms with Gasteiger partial charge in [-0.2, -0.15) is 0 Å². The van der Waals surface area contributed by atoms with Gasteiger partial charge in [0.15, 0.2) is 11.5 Å². The van der Waals surface area contributed by atoms with Crippen molar-refractivity contribution in [2.75, 3.05) is 0 Å². The molecule has 0 unspecified atom stereocenters. The quantitative estimate of drug-likeness (QED) is 0.581. The molecule has 0 aliphatic carbocycles. The molecule has 0 atom stereocenters. The fraction of sp³-hybridized carbons (Fsp3) is 0.222. The summed E-state index contributed by atoms with van der Waals surface area (Å²) in [5.41, 5.74) is 0.464. The van der Waals surface area contributed by atoms with Crippen molar-refractivity contribution in [2.45, 2.75) is 13.5 Å². The van der Waals surface area contributed by atoms with Crippen molar-refractivity contribution < 1.29 is 15.0 Å². The molecule has 0 saturated heterocycles. The van der Waals surface area contributed by atoms with Crippen LogP contribution in [0.4, 0.5) is 0 Å². The highest BCUT2D eigenvalue weighted by molar-refractivity contribution is 5.72. The van der Waals surface area contributed by atoms with Gasteiger partial charge >= 0.3 is 0 Å². The second-order valence-electron chi connectivity index (χ2n) is 2.61. The maximum Gasteiger partial charge on any atom is 0.217 e. The molecule has 0 aromatic heterocycles. The normalized spacial score (nSPS) is 9.62. The lowest BCUT2D eigenvalue weighted by Crippen LogP contribution is -2.18. The van der Waals surface area contributed by atoms with Crippen molar-refractivity contribution in [3.05, 3.63) is 23.8 Å². The molecule has 69 valence electrons. The van der Waals surface area contributed by atoms with Gasteiger partial charge in [0.25, 0.3) is 0 Å². The van der Waals surface area contributed by atoms with Crippen LogP contribution in [0.1, 0.15) is 12.5 Å². The van der Waals surface area contributed by atoms with Gasteiger partial charge in [-0.1, -0.05) is 6.07 Å². The minimum atomic E-state index is -0.303. The summed E-state index contributed by atoms with van der Waals surface area (Å²) in [5, 5.41) is 20.8. The number of hydrogen-bond donors (Lipinski definition) is 3. The number of benzene rings is 1. The first-order valence-electron chi connectivity index (χ1n) is 3.77. The molecule has 0 fully saturated rings. The third-order valence-corrected chi connectivity index (χ3v) is 1.56. The molecule has 1 aromatic rings. The zero-order chi connectivity index (χ0) is 9.84. The zero-order valence-corrected chi connectivity index (χ0v) is 7.16. The summed E-state index contributed by atoms with van der Waals surface area (Å²) >= 11 is 0. The van der Waals surface area contributed by atoms with Gasteiger partial charge in [-0.3, -0.25) is 4.79 Å². The van der Waals surface area contributed by atoms with E-state index in [1.807, 2.05) is 0 Å². The van der Waals surface area contributed by atoms with E-state index in [4.69, 9.17) is 5.11 Å². The first kappa shape index (κ1) is 9.38. The van der Waals surface area contributed by atoms with E-state index in [1.54, 1.807) is 6.07 Å². The Morgan fingerprint density at radius 2 is 2.31 bits per heavy atom. The van der Waals surface area contributed by atoms with Gasteiger partial charge in [-0.25, -0.2) is 0 Å². The van der Waals surface area contributed by atoms with Crippen molar-refractivity contribution >= 4 is 5.91 Å². The number of phenols is 2. The SMILES string of the molecule is CC(=O)NCc1cc[c]c(O)c1O. The van der Waals surface area contributed by atoms with Crippen LogP contribution in [0.25, 0.3) is 0 Å². The summed E-state index contributed by atoms with van der Waals surface area (Å²) in [4.78, 5) is 10.6. The van der Waals surface area contributed by atoms with Crippen LogP contribution in [0.5, 0.6) is 11.5 Å². The smallest absolute Gasteiger partial charge is 0.217 e. The van der Waals surface area contributed by atoms with E-state index < -0.39 is 0 Å². The monoisotopic (exact) mass is 180 g/mol. The van der Waals surface area contributed by atoms with Crippen LogP contribution in [0.3, 0.4) is 0 Å². The third kappa shape index (κ3) is 2.37. The minimum absolute atomic E-state index is 0.188. The summed E-state index contributed by atoms with van der Waals surface area (Å²) in [5.74, 6) is -0.731. The number of hydrogen-bond acceptors (Lipinski definition) is 3. The third-order valence-electron chi connectivity index (χ3n) is 1.56. The van der Waals surface area contributed by atoms with Crippen LogP contribution in [-0.4, -0.2) is 16.1 Å². The average molecular weight is 180 g/mol. The van der Waals surface area contributed by atoms with Crippen LogP contribution in [0.2, 0.25) is 0 Å². The summed E-state index contributed by atoms with van der Waals surface area (Å²) in [7, 11) is 0. The number of amides is 1.